The smallest absolute Gasteiger partial charge is 0.322 e. The first-order valence-electron chi connectivity index (χ1n) is 8.61. The molecule has 3 N–H and O–H groups in total. The first kappa shape index (κ1) is 21.3. The molecule has 2 aromatic carbocycles. The highest BCUT2D eigenvalue weighted by atomic mass is 35.5. The van der Waals surface area contributed by atoms with Gasteiger partial charge in [0.25, 0.3) is 5.91 Å². The second-order valence-corrected chi connectivity index (χ2v) is 6.91. The summed E-state index contributed by atoms with van der Waals surface area (Å²) in [5, 5.41) is 20.5. The van der Waals surface area contributed by atoms with Gasteiger partial charge < -0.3 is 15.5 Å². The number of phenolic OH excluding ortho intramolecular Hbond substituents is 1. The fourth-order valence-electron chi connectivity index (χ4n) is 3.18. The lowest BCUT2D eigenvalue weighted by atomic mass is 10.1. The number of carboxylic acids is 1. The van der Waals surface area contributed by atoms with Gasteiger partial charge in [-0.15, -0.1) is 0 Å². The van der Waals surface area contributed by atoms with Crippen molar-refractivity contribution in [1.82, 2.24) is 9.88 Å². The van der Waals surface area contributed by atoms with Crippen LogP contribution in [0.2, 0.25) is 5.02 Å². The number of hydrogen-bond acceptors (Lipinski definition) is 4. The fraction of sp³-hybridized carbons (Fsp3) is 0.150. The van der Waals surface area contributed by atoms with Gasteiger partial charge in [-0.25, -0.2) is 8.78 Å². The van der Waals surface area contributed by atoms with Crippen LogP contribution >= 0.6 is 11.6 Å². The van der Waals surface area contributed by atoms with Crippen LogP contribution in [0.5, 0.6) is 5.75 Å². The number of aromatic nitrogens is 1. The van der Waals surface area contributed by atoms with Crippen LogP contribution in [0, 0.1) is 18.6 Å². The van der Waals surface area contributed by atoms with E-state index in [1.807, 2.05) is 0 Å². The molecule has 0 saturated heterocycles. The van der Waals surface area contributed by atoms with Gasteiger partial charge in [0.15, 0.2) is 17.4 Å². The lowest BCUT2D eigenvalue weighted by Crippen LogP contribution is -2.30. The van der Waals surface area contributed by atoms with Crippen LogP contribution in [0.4, 0.5) is 8.78 Å². The number of benzene rings is 2. The van der Waals surface area contributed by atoms with Crippen LogP contribution in [-0.4, -0.2) is 39.1 Å². The summed E-state index contributed by atoms with van der Waals surface area (Å²) in [6, 6.07) is 6.72. The summed E-state index contributed by atoms with van der Waals surface area (Å²) in [4.78, 5) is 35.8. The first-order chi connectivity index (χ1) is 14.1. The van der Waals surface area contributed by atoms with Crippen molar-refractivity contribution in [2.45, 2.75) is 13.3 Å². The van der Waals surface area contributed by atoms with E-state index in [2.05, 4.69) is 5.32 Å². The number of amides is 1. The molecule has 1 heterocycles. The Morgan fingerprint density at radius 2 is 1.90 bits per heavy atom. The topological polar surface area (TPSA) is 109 Å². The van der Waals surface area contributed by atoms with Gasteiger partial charge in [0, 0.05) is 27.7 Å². The highest BCUT2D eigenvalue weighted by Crippen LogP contribution is 2.35. The van der Waals surface area contributed by atoms with E-state index < -0.39 is 48.1 Å². The van der Waals surface area contributed by atoms with Crippen LogP contribution < -0.4 is 5.32 Å². The average Bonchev–Trinajstić information content (AvgIpc) is 2.95. The Morgan fingerprint density at radius 3 is 2.53 bits per heavy atom. The molecule has 10 heteroatoms. The van der Waals surface area contributed by atoms with Gasteiger partial charge in [-0.2, -0.15) is 0 Å². The molecule has 0 bridgehead atoms. The van der Waals surface area contributed by atoms with Gasteiger partial charge in [0.2, 0.25) is 5.91 Å². The first-order valence-corrected chi connectivity index (χ1v) is 8.99. The maximum atomic E-state index is 14.7. The molecular formula is C20H15ClF2N2O5. The van der Waals surface area contributed by atoms with Crippen LogP contribution in [0.3, 0.4) is 0 Å². The minimum atomic E-state index is -1.33. The van der Waals surface area contributed by atoms with E-state index in [9.17, 15) is 28.3 Å². The predicted molar refractivity (Wildman–Crippen MR) is 104 cm³/mol. The predicted octanol–water partition coefficient (Wildman–Crippen LogP) is 3.02. The van der Waals surface area contributed by atoms with Crippen molar-refractivity contribution in [3.63, 3.8) is 0 Å². The van der Waals surface area contributed by atoms with Gasteiger partial charge in [-0.3, -0.25) is 19.0 Å². The van der Waals surface area contributed by atoms with Crippen molar-refractivity contribution >= 4 is 40.3 Å². The minimum Gasteiger partial charge on any atom is -0.503 e. The fourth-order valence-corrected chi connectivity index (χ4v) is 3.37. The maximum Gasteiger partial charge on any atom is 0.322 e. The zero-order valence-electron chi connectivity index (χ0n) is 15.5. The van der Waals surface area contributed by atoms with E-state index in [0.717, 1.165) is 10.6 Å². The van der Waals surface area contributed by atoms with Crippen molar-refractivity contribution in [3.8, 4) is 5.75 Å². The molecule has 0 radical (unpaired) electrons. The SMILES string of the molecule is Cc1c(CC(=O)NCC(=O)O)c2c(F)c(O)c(F)cc2n1C(=O)c1cccc(Cl)c1. The second kappa shape index (κ2) is 8.11. The average molecular weight is 437 g/mol. The number of halogens is 3. The summed E-state index contributed by atoms with van der Waals surface area (Å²) in [6.45, 7) is 0.775. The molecule has 0 fully saturated rings. The number of carbonyl (C=O) groups excluding carboxylic acids is 2. The molecule has 0 aliphatic carbocycles. The van der Waals surface area contributed by atoms with E-state index >= 15 is 0 Å². The number of nitrogens with one attached hydrogen (secondary N) is 1. The Bertz CT molecular complexity index is 1210. The third kappa shape index (κ3) is 3.84. The second-order valence-electron chi connectivity index (χ2n) is 6.48. The lowest BCUT2D eigenvalue weighted by Gasteiger charge is -2.08. The van der Waals surface area contributed by atoms with E-state index in [4.69, 9.17) is 16.7 Å². The summed E-state index contributed by atoms with van der Waals surface area (Å²) in [7, 11) is 0. The molecular weight excluding hydrogens is 422 g/mol. The van der Waals surface area contributed by atoms with Gasteiger partial charge in [-0.05, 0) is 30.7 Å². The summed E-state index contributed by atoms with van der Waals surface area (Å²) >= 11 is 5.92. The number of rotatable bonds is 5. The summed E-state index contributed by atoms with van der Waals surface area (Å²) < 4.78 is 29.8. The molecule has 1 aromatic heterocycles. The van der Waals surface area contributed by atoms with Gasteiger partial charge in [0.1, 0.15) is 6.54 Å². The summed E-state index contributed by atoms with van der Waals surface area (Å²) in [5.41, 5.74) is 0.0880. The Morgan fingerprint density at radius 1 is 1.20 bits per heavy atom. The van der Waals surface area contributed by atoms with Gasteiger partial charge >= 0.3 is 5.97 Å². The number of hydrogen-bond donors (Lipinski definition) is 3. The summed E-state index contributed by atoms with van der Waals surface area (Å²) in [5.74, 6) is -6.53. The Labute approximate surface area is 173 Å². The van der Waals surface area contributed by atoms with E-state index in [0.29, 0.717) is 0 Å². The minimum absolute atomic E-state index is 0.0102. The molecule has 156 valence electrons. The van der Waals surface area contributed by atoms with Crippen LogP contribution in [-0.2, 0) is 16.0 Å². The highest BCUT2D eigenvalue weighted by molar-refractivity contribution is 6.31. The highest BCUT2D eigenvalue weighted by Gasteiger charge is 2.27. The largest absolute Gasteiger partial charge is 0.503 e. The Hall–Kier alpha value is -3.46. The zero-order valence-corrected chi connectivity index (χ0v) is 16.3. The molecule has 0 saturated carbocycles. The van der Waals surface area contributed by atoms with Gasteiger partial charge in [-0.1, -0.05) is 17.7 Å². The third-order valence-electron chi connectivity index (χ3n) is 4.54. The Balaban J connectivity index is 2.20. The van der Waals surface area contributed by atoms with Crippen LogP contribution in [0.1, 0.15) is 21.6 Å². The van der Waals surface area contributed by atoms with E-state index in [1.54, 1.807) is 6.07 Å². The molecule has 0 atom stereocenters. The third-order valence-corrected chi connectivity index (χ3v) is 4.77. The van der Waals surface area contributed by atoms with E-state index in [1.165, 1.54) is 25.1 Å². The zero-order chi connectivity index (χ0) is 22.2. The van der Waals surface area contributed by atoms with Crippen molar-refractivity contribution in [3.05, 3.63) is 63.8 Å². The Kier molecular flexibility index (Phi) is 5.75. The molecule has 3 rings (SSSR count). The number of aromatic hydroxyl groups is 1. The number of carbonyl (C=O) groups is 3. The van der Waals surface area contributed by atoms with Crippen molar-refractivity contribution in [2.75, 3.05) is 6.54 Å². The molecule has 1 amide bonds. The van der Waals surface area contributed by atoms with Gasteiger partial charge in [0.05, 0.1) is 11.9 Å². The molecule has 3 aromatic rings. The standard InChI is InChI=1S/C20H15ClF2N2O5/c1-9-12(6-15(26)24-8-16(27)28)17-14(7-13(22)19(29)18(17)23)25(9)20(30)10-3-2-4-11(21)5-10/h2-5,7,29H,6,8H2,1H3,(H,24,26)(H,27,28). The maximum absolute atomic E-state index is 14.7. The van der Waals surface area contributed by atoms with Crippen molar-refractivity contribution in [1.29, 1.82) is 0 Å². The number of phenols is 1. The quantitative estimate of drug-likeness (QED) is 0.569. The normalized spacial score (nSPS) is 10.9. The molecule has 0 aliphatic heterocycles. The number of fused-ring (bicyclic) bond motifs is 1. The number of nitrogens with zero attached hydrogens (tertiary/aromatic N) is 1. The summed E-state index contributed by atoms with van der Waals surface area (Å²) in [6.07, 6.45) is -0.493. The van der Waals surface area contributed by atoms with Crippen molar-refractivity contribution in [2.24, 2.45) is 0 Å². The van der Waals surface area contributed by atoms with E-state index in [-0.39, 0.29) is 32.7 Å². The molecule has 0 unspecified atom stereocenters. The number of carboxylic acid groups (broad SMARTS) is 1. The molecule has 0 aliphatic rings. The van der Waals surface area contributed by atoms with Crippen molar-refractivity contribution < 1.29 is 33.4 Å². The molecule has 7 nitrogen and oxygen atoms in total. The number of aliphatic carboxylic acids is 1. The monoisotopic (exact) mass is 436 g/mol. The van der Waals surface area contributed by atoms with Crippen LogP contribution in [0.15, 0.2) is 30.3 Å². The molecule has 30 heavy (non-hydrogen) atoms. The van der Waals surface area contributed by atoms with Crippen LogP contribution in [0.25, 0.3) is 10.9 Å². The molecule has 0 spiro atoms. The lowest BCUT2D eigenvalue weighted by molar-refractivity contribution is -0.137.